The lowest BCUT2D eigenvalue weighted by molar-refractivity contribution is -0.138. The number of nitrogens with zero attached hydrogens (tertiary/aromatic N) is 3. The number of ether oxygens (including phenoxy) is 2. The number of amides is 1. The van der Waals surface area contributed by atoms with Gasteiger partial charge in [-0.05, 0) is 41.0 Å². The van der Waals surface area contributed by atoms with E-state index >= 15 is 0 Å². The molecule has 1 aromatic rings. The van der Waals surface area contributed by atoms with E-state index in [1.165, 1.54) is 0 Å². The first-order valence-corrected chi connectivity index (χ1v) is 10.1. The van der Waals surface area contributed by atoms with Gasteiger partial charge in [-0.3, -0.25) is 0 Å². The van der Waals surface area contributed by atoms with Gasteiger partial charge in [0.15, 0.2) is 0 Å². The summed E-state index contributed by atoms with van der Waals surface area (Å²) in [6, 6.07) is -0.863. The van der Waals surface area contributed by atoms with Crippen molar-refractivity contribution in [2.24, 2.45) is 0 Å². The summed E-state index contributed by atoms with van der Waals surface area (Å²) in [7, 11) is 0. The van der Waals surface area contributed by atoms with Crippen molar-refractivity contribution in [2.75, 3.05) is 13.2 Å². The first kappa shape index (κ1) is 25.9. The van der Waals surface area contributed by atoms with Crippen LogP contribution >= 0.6 is 0 Å². The van der Waals surface area contributed by atoms with Gasteiger partial charge in [0.05, 0.1) is 12.1 Å². The monoisotopic (exact) mass is 440 g/mol. The molecule has 1 N–H and O–H groups in total. The van der Waals surface area contributed by atoms with Crippen LogP contribution < -0.4 is 22.4 Å². The molecule has 0 radical (unpaired) electrons. The van der Waals surface area contributed by atoms with Crippen LogP contribution in [0.5, 0.6) is 0 Å². The molecule has 0 aromatic carbocycles. The van der Waals surface area contributed by atoms with Crippen LogP contribution in [0.15, 0.2) is 27.0 Å². The summed E-state index contributed by atoms with van der Waals surface area (Å²) in [4.78, 5) is 61.6. The standard InChI is InChI=1S/C20H32N4O7/c1-8-14(5)24-18(28)22(17(27)23(13(3)4)19(24)29)12-20(6,7)21-16(26)31-11-10-30-15(25)9-2/h9,13-14H,2,8,10-12H2,1,3-7H3,(H,21,26). The number of nitrogens with one attached hydrogen (secondary N) is 1. The Kier molecular flexibility index (Phi) is 9.02. The molecular weight excluding hydrogens is 408 g/mol. The predicted molar refractivity (Wildman–Crippen MR) is 114 cm³/mol. The van der Waals surface area contributed by atoms with Gasteiger partial charge in [-0.25, -0.2) is 37.7 Å². The van der Waals surface area contributed by atoms with E-state index in [0.717, 1.165) is 19.8 Å². The Morgan fingerprint density at radius 2 is 1.58 bits per heavy atom. The molecule has 1 heterocycles. The first-order valence-electron chi connectivity index (χ1n) is 10.1. The lowest BCUT2D eigenvalue weighted by Crippen LogP contribution is -2.59. The van der Waals surface area contributed by atoms with Crippen LogP contribution in [0.3, 0.4) is 0 Å². The van der Waals surface area contributed by atoms with Gasteiger partial charge in [-0.2, -0.15) is 0 Å². The zero-order valence-corrected chi connectivity index (χ0v) is 19.0. The minimum atomic E-state index is -1.07. The van der Waals surface area contributed by atoms with Crippen molar-refractivity contribution in [3.63, 3.8) is 0 Å². The van der Waals surface area contributed by atoms with E-state index in [2.05, 4.69) is 11.9 Å². The fourth-order valence-electron chi connectivity index (χ4n) is 2.84. The first-order chi connectivity index (χ1) is 14.4. The number of rotatable bonds is 10. The number of alkyl carbamates (subject to hydrolysis) is 1. The van der Waals surface area contributed by atoms with E-state index in [0.29, 0.717) is 6.42 Å². The second-order valence-corrected chi connectivity index (χ2v) is 8.04. The van der Waals surface area contributed by atoms with Gasteiger partial charge in [0, 0.05) is 18.2 Å². The molecule has 1 atom stereocenters. The van der Waals surface area contributed by atoms with Crippen LogP contribution in [-0.2, 0) is 20.8 Å². The van der Waals surface area contributed by atoms with Gasteiger partial charge in [-0.15, -0.1) is 0 Å². The lowest BCUT2D eigenvalue weighted by atomic mass is 10.1. The highest BCUT2D eigenvalue weighted by Crippen LogP contribution is 2.07. The van der Waals surface area contributed by atoms with Crippen LogP contribution in [-0.4, -0.2) is 44.5 Å². The van der Waals surface area contributed by atoms with Gasteiger partial charge in [0.2, 0.25) is 0 Å². The van der Waals surface area contributed by atoms with Crippen molar-refractivity contribution in [2.45, 2.75) is 72.1 Å². The van der Waals surface area contributed by atoms with Crippen molar-refractivity contribution in [3.05, 3.63) is 44.1 Å². The lowest BCUT2D eigenvalue weighted by Gasteiger charge is -2.27. The molecule has 0 aliphatic carbocycles. The van der Waals surface area contributed by atoms with Crippen LogP contribution in [0.2, 0.25) is 0 Å². The largest absolute Gasteiger partial charge is 0.459 e. The second-order valence-electron chi connectivity index (χ2n) is 8.04. The highest BCUT2D eigenvalue weighted by atomic mass is 16.6. The van der Waals surface area contributed by atoms with E-state index in [1.54, 1.807) is 34.6 Å². The smallest absolute Gasteiger partial charge is 0.407 e. The number of hydrogen-bond donors (Lipinski definition) is 1. The summed E-state index contributed by atoms with van der Waals surface area (Å²) in [6.07, 6.45) is 0.701. The third-order valence-electron chi connectivity index (χ3n) is 4.56. The Bertz CT molecular complexity index is 985. The molecule has 31 heavy (non-hydrogen) atoms. The van der Waals surface area contributed by atoms with E-state index in [9.17, 15) is 24.0 Å². The highest BCUT2D eigenvalue weighted by Gasteiger charge is 2.27. The molecular formula is C20H32N4O7. The van der Waals surface area contributed by atoms with Crippen molar-refractivity contribution < 1.29 is 19.1 Å². The van der Waals surface area contributed by atoms with E-state index < -0.39 is 46.8 Å². The minimum absolute atomic E-state index is 0.142. The maximum atomic E-state index is 13.0. The molecule has 174 valence electrons. The zero-order valence-electron chi connectivity index (χ0n) is 19.0. The second kappa shape index (κ2) is 10.8. The van der Waals surface area contributed by atoms with Gasteiger partial charge < -0.3 is 14.8 Å². The topological polar surface area (TPSA) is 131 Å². The highest BCUT2D eigenvalue weighted by molar-refractivity contribution is 5.81. The maximum absolute atomic E-state index is 13.0. The van der Waals surface area contributed by atoms with Gasteiger partial charge in [0.25, 0.3) is 0 Å². The quantitative estimate of drug-likeness (QED) is 0.326. The summed E-state index contributed by atoms with van der Waals surface area (Å²) in [5, 5.41) is 2.57. The summed E-state index contributed by atoms with van der Waals surface area (Å²) in [5.74, 6) is -0.637. The third kappa shape index (κ3) is 6.69. The molecule has 1 rings (SSSR count). The van der Waals surface area contributed by atoms with Crippen LogP contribution in [0.25, 0.3) is 0 Å². The zero-order chi connectivity index (χ0) is 23.9. The number of carbonyl (C=O) groups is 2. The molecule has 1 amide bonds. The molecule has 1 aromatic heterocycles. The number of hydrogen-bond acceptors (Lipinski definition) is 7. The number of carbonyl (C=O) groups excluding carboxylic acids is 2. The number of esters is 1. The van der Waals surface area contributed by atoms with Crippen LogP contribution in [0.4, 0.5) is 4.79 Å². The van der Waals surface area contributed by atoms with Crippen molar-refractivity contribution in [1.82, 2.24) is 19.0 Å². The molecule has 0 bridgehead atoms. The average molecular weight is 440 g/mol. The SMILES string of the molecule is C=CC(=O)OCCOC(=O)NC(C)(C)Cn1c(=O)n(C(C)C)c(=O)n(C(C)CC)c1=O. The summed E-state index contributed by atoms with van der Waals surface area (Å²) >= 11 is 0. The molecule has 0 aliphatic heterocycles. The van der Waals surface area contributed by atoms with Gasteiger partial charge in [0.1, 0.15) is 13.2 Å². The van der Waals surface area contributed by atoms with Crippen molar-refractivity contribution in [3.8, 4) is 0 Å². The Balaban J connectivity index is 3.13. The van der Waals surface area contributed by atoms with Crippen LogP contribution in [0.1, 0.15) is 60.0 Å². The molecule has 11 heteroatoms. The molecule has 0 spiro atoms. The normalized spacial score (nSPS) is 12.4. The van der Waals surface area contributed by atoms with Crippen molar-refractivity contribution >= 4 is 12.1 Å². The fourth-order valence-corrected chi connectivity index (χ4v) is 2.84. The predicted octanol–water partition coefficient (Wildman–Crippen LogP) is 0.958. The molecule has 0 fully saturated rings. The summed E-state index contributed by atoms with van der Waals surface area (Å²) in [5.41, 5.74) is -3.20. The third-order valence-corrected chi connectivity index (χ3v) is 4.56. The Hall–Kier alpha value is -3.11. The van der Waals surface area contributed by atoms with Gasteiger partial charge >= 0.3 is 29.1 Å². The van der Waals surface area contributed by atoms with Gasteiger partial charge in [-0.1, -0.05) is 13.5 Å². The molecule has 0 aliphatic rings. The Labute approximate surface area is 180 Å². The van der Waals surface area contributed by atoms with Crippen molar-refractivity contribution in [1.29, 1.82) is 0 Å². The minimum Gasteiger partial charge on any atom is -0.459 e. The molecule has 0 saturated heterocycles. The Morgan fingerprint density at radius 3 is 2.10 bits per heavy atom. The molecule has 1 unspecified atom stereocenters. The van der Waals surface area contributed by atoms with E-state index in [1.807, 2.05) is 6.92 Å². The maximum Gasteiger partial charge on any atom is 0.407 e. The average Bonchev–Trinajstić information content (AvgIpc) is 2.67. The van der Waals surface area contributed by atoms with E-state index in [4.69, 9.17) is 9.47 Å². The fraction of sp³-hybridized carbons (Fsp3) is 0.650. The summed E-state index contributed by atoms with van der Waals surface area (Å²) in [6.45, 7) is 12.9. The number of aromatic nitrogens is 3. The summed E-state index contributed by atoms with van der Waals surface area (Å²) < 4.78 is 12.7. The van der Waals surface area contributed by atoms with Crippen LogP contribution in [0, 0.1) is 0 Å². The van der Waals surface area contributed by atoms with E-state index in [-0.39, 0.29) is 19.8 Å². The molecule has 11 nitrogen and oxygen atoms in total. The Morgan fingerprint density at radius 1 is 1.03 bits per heavy atom. The molecule has 0 saturated carbocycles.